The maximum Gasteiger partial charge on any atom is 0.310 e. The second-order valence-corrected chi connectivity index (χ2v) is 8.49. The van der Waals surface area contributed by atoms with E-state index in [1.54, 1.807) is 0 Å². The second-order valence-electron chi connectivity index (χ2n) is 8.49. The Kier molecular flexibility index (Phi) is 6.69. The SMILES string of the molecule is Cc1ccc(NC(=O)C(OC(=O)C2CCCCC2)(c2ccccc2)c2ccccc2)cc1. The Balaban J connectivity index is 1.79. The molecule has 0 aromatic heterocycles. The summed E-state index contributed by atoms with van der Waals surface area (Å²) in [5, 5.41) is 3.00. The first-order valence-corrected chi connectivity index (χ1v) is 11.3. The molecule has 3 aromatic carbocycles. The van der Waals surface area contributed by atoms with Gasteiger partial charge >= 0.3 is 5.97 Å². The van der Waals surface area contributed by atoms with E-state index in [4.69, 9.17) is 4.74 Å². The zero-order chi connectivity index (χ0) is 22.4. The van der Waals surface area contributed by atoms with Crippen LogP contribution in [0.1, 0.15) is 48.8 Å². The quantitative estimate of drug-likeness (QED) is 0.491. The van der Waals surface area contributed by atoms with Crippen molar-refractivity contribution in [3.8, 4) is 0 Å². The number of rotatable bonds is 6. The molecule has 0 saturated heterocycles. The van der Waals surface area contributed by atoms with Crippen LogP contribution < -0.4 is 5.32 Å². The largest absolute Gasteiger partial charge is 0.439 e. The van der Waals surface area contributed by atoms with Crippen LogP contribution in [-0.2, 0) is 19.9 Å². The first kappa shape index (κ1) is 21.8. The molecular formula is C28H29NO3. The highest BCUT2D eigenvalue weighted by molar-refractivity contribution is 6.02. The number of hydrogen-bond donors (Lipinski definition) is 1. The summed E-state index contributed by atoms with van der Waals surface area (Å²) >= 11 is 0. The van der Waals surface area contributed by atoms with Crippen molar-refractivity contribution in [2.75, 3.05) is 5.32 Å². The fourth-order valence-electron chi connectivity index (χ4n) is 4.37. The van der Waals surface area contributed by atoms with Gasteiger partial charge in [-0.15, -0.1) is 0 Å². The van der Waals surface area contributed by atoms with Gasteiger partial charge in [0.25, 0.3) is 5.91 Å². The smallest absolute Gasteiger partial charge is 0.310 e. The third-order valence-corrected chi connectivity index (χ3v) is 6.18. The lowest BCUT2D eigenvalue weighted by atomic mass is 9.84. The summed E-state index contributed by atoms with van der Waals surface area (Å²) in [6.45, 7) is 2.00. The first-order chi connectivity index (χ1) is 15.6. The van der Waals surface area contributed by atoms with Gasteiger partial charge in [-0.3, -0.25) is 9.59 Å². The lowest BCUT2D eigenvalue weighted by molar-refractivity contribution is -0.168. The number of amides is 1. The predicted octanol–water partition coefficient (Wildman–Crippen LogP) is 6.00. The lowest BCUT2D eigenvalue weighted by Crippen LogP contribution is -2.46. The summed E-state index contributed by atoms with van der Waals surface area (Å²) in [5.41, 5.74) is 1.43. The number of carbonyl (C=O) groups is 2. The van der Waals surface area contributed by atoms with Crippen LogP contribution in [0.3, 0.4) is 0 Å². The van der Waals surface area contributed by atoms with Crippen LogP contribution in [0.2, 0.25) is 0 Å². The average Bonchev–Trinajstić information content (AvgIpc) is 2.85. The number of nitrogens with one attached hydrogen (secondary N) is 1. The molecule has 0 bridgehead atoms. The Morgan fingerprint density at radius 3 is 1.84 bits per heavy atom. The van der Waals surface area contributed by atoms with Crippen molar-refractivity contribution in [3.05, 3.63) is 102 Å². The van der Waals surface area contributed by atoms with E-state index in [0.717, 1.165) is 37.7 Å². The van der Waals surface area contributed by atoms with Gasteiger partial charge in [0.05, 0.1) is 5.92 Å². The van der Waals surface area contributed by atoms with Crippen molar-refractivity contribution in [2.24, 2.45) is 5.92 Å². The molecule has 1 aliphatic carbocycles. The Morgan fingerprint density at radius 2 is 1.31 bits per heavy atom. The Bertz CT molecular complexity index is 1000. The predicted molar refractivity (Wildman–Crippen MR) is 126 cm³/mol. The van der Waals surface area contributed by atoms with Gasteiger partial charge in [-0.1, -0.05) is 97.6 Å². The zero-order valence-corrected chi connectivity index (χ0v) is 18.4. The molecule has 0 spiro atoms. The summed E-state index contributed by atoms with van der Waals surface area (Å²) in [6, 6.07) is 26.2. The summed E-state index contributed by atoms with van der Waals surface area (Å²) in [4.78, 5) is 27.3. The van der Waals surface area contributed by atoms with E-state index in [1.807, 2.05) is 91.9 Å². The van der Waals surface area contributed by atoms with Crippen molar-refractivity contribution >= 4 is 17.6 Å². The molecule has 4 nitrogen and oxygen atoms in total. The van der Waals surface area contributed by atoms with Gasteiger partial charge in [0.1, 0.15) is 0 Å². The van der Waals surface area contributed by atoms with Crippen molar-refractivity contribution in [3.63, 3.8) is 0 Å². The molecule has 1 saturated carbocycles. The monoisotopic (exact) mass is 427 g/mol. The average molecular weight is 428 g/mol. The van der Waals surface area contributed by atoms with Gasteiger partial charge in [-0.25, -0.2) is 0 Å². The summed E-state index contributed by atoms with van der Waals surface area (Å²) in [5.74, 6) is -0.873. The fraction of sp³-hybridized carbons (Fsp3) is 0.286. The molecule has 4 heteroatoms. The van der Waals surface area contributed by atoms with Crippen LogP contribution in [-0.4, -0.2) is 11.9 Å². The number of carbonyl (C=O) groups excluding carboxylic acids is 2. The van der Waals surface area contributed by atoms with Crippen LogP contribution >= 0.6 is 0 Å². The van der Waals surface area contributed by atoms with Crippen molar-refractivity contribution in [1.82, 2.24) is 0 Å². The van der Waals surface area contributed by atoms with Crippen LogP contribution in [0.5, 0.6) is 0 Å². The minimum Gasteiger partial charge on any atom is -0.439 e. The Hall–Kier alpha value is -3.40. The number of benzene rings is 3. The van der Waals surface area contributed by atoms with Crippen molar-refractivity contribution in [2.45, 2.75) is 44.6 Å². The highest BCUT2D eigenvalue weighted by Gasteiger charge is 2.47. The van der Waals surface area contributed by atoms with E-state index in [1.165, 1.54) is 0 Å². The molecule has 1 aliphatic rings. The van der Waals surface area contributed by atoms with E-state index in [0.29, 0.717) is 16.8 Å². The van der Waals surface area contributed by atoms with Crippen LogP contribution in [0, 0.1) is 12.8 Å². The number of ether oxygens (including phenoxy) is 1. The Morgan fingerprint density at radius 1 is 0.781 bits per heavy atom. The molecule has 0 atom stereocenters. The molecule has 0 radical (unpaired) electrons. The zero-order valence-electron chi connectivity index (χ0n) is 18.4. The van der Waals surface area contributed by atoms with E-state index < -0.39 is 5.60 Å². The summed E-state index contributed by atoms with van der Waals surface area (Å²) in [6.07, 6.45) is 4.77. The summed E-state index contributed by atoms with van der Waals surface area (Å²) < 4.78 is 6.26. The van der Waals surface area contributed by atoms with Gasteiger partial charge in [-0.05, 0) is 31.9 Å². The van der Waals surface area contributed by atoms with Crippen LogP contribution in [0.4, 0.5) is 5.69 Å². The molecule has 4 rings (SSSR count). The molecule has 3 aromatic rings. The molecular weight excluding hydrogens is 398 g/mol. The van der Waals surface area contributed by atoms with Gasteiger partial charge in [0.2, 0.25) is 5.60 Å². The third kappa shape index (κ3) is 4.59. The van der Waals surface area contributed by atoms with Gasteiger partial charge in [0.15, 0.2) is 0 Å². The van der Waals surface area contributed by atoms with E-state index in [-0.39, 0.29) is 17.8 Å². The first-order valence-electron chi connectivity index (χ1n) is 11.3. The number of anilines is 1. The maximum atomic E-state index is 14.0. The number of hydrogen-bond acceptors (Lipinski definition) is 3. The molecule has 164 valence electrons. The van der Waals surface area contributed by atoms with Gasteiger partial charge in [-0.2, -0.15) is 0 Å². The van der Waals surface area contributed by atoms with E-state index in [9.17, 15) is 9.59 Å². The molecule has 1 fully saturated rings. The molecule has 1 N–H and O–H groups in total. The lowest BCUT2D eigenvalue weighted by Gasteiger charge is -2.35. The topological polar surface area (TPSA) is 55.4 Å². The summed E-state index contributed by atoms with van der Waals surface area (Å²) in [7, 11) is 0. The molecule has 0 unspecified atom stereocenters. The number of esters is 1. The number of aryl methyl sites for hydroxylation is 1. The maximum absolute atomic E-state index is 14.0. The van der Waals surface area contributed by atoms with Gasteiger partial charge < -0.3 is 10.1 Å². The molecule has 0 heterocycles. The van der Waals surface area contributed by atoms with Crippen molar-refractivity contribution < 1.29 is 14.3 Å². The molecule has 32 heavy (non-hydrogen) atoms. The third-order valence-electron chi connectivity index (χ3n) is 6.18. The minimum absolute atomic E-state index is 0.178. The standard InChI is InChI=1S/C28H29NO3/c1-21-17-19-25(20-18-21)29-27(31)28(23-13-7-3-8-14-23,24-15-9-4-10-16-24)32-26(30)22-11-5-2-6-12-22/h3-4,7-10,13-20,22H,2,5-6,11-12H2,1H3,(H,29,31). The molecule has 1 amide bonds. The van der Waals surface area contributed by atoms with Gasteiger partial charge in [0, 0.05) is 16.8 Å². The van der Waals surface area contributed by atoms with Crippen molar-refractivity contribution in [1.29, 1.82) is 0 Å². The Labute approximate surface area is 189 Å². The highest BCUT2D eigenvalue weighted by Crippen LogP contribution is 2.38. The molecule has 0 aliphatic heterocycles. The van der Waals surface area contributed by atoms with Crippen LogP contribution in [0.25, 0.3) is 0 Å². The van der Waals surface area contributed by atoms with E-state index >= 15 is 0 Å². The van der Waals surface area contributed by atoms with E-state index in [2.05, 4.69) is 5.32 Å². The highest BCUT2D eigenvalue weighted by atomic mass is 16.6. The fourth-order valence-corrected chi connectivity index (χ4v) is 4.37. The second kappa shape index (κ2) is 9.82. The normalized spacial score (nSPS) is 14.5. The van der Waals surface area contributed by atoms with Crippen LogP contribution in [0.15, 0.2) is 84.9 Å². The minimum atomic E-state index is -1.58.